The highest BCUT2D eigenvalue weighted by molar-refractivity contribution is 6.36. The topological polar surface area (TPSA) is 95.5 Å². The van der Waals surface area contributed by atoms with E-state index < -0.39 is 17.9 Å². The zero-order valence-electron chi connectivity index (χ0n) is 13.8. The number of rotatable bonds is 6. The molecule has 3 N–H and O–H groups in total. The van der Waals surface area contributed by atoms with Crippen LogP contribution in [0.2, 0.25) is 10.0 Å². The van der Waals surface area contributed by atoms with E-state index in [1.165, 1.54) is 13.0 Å². The minimum absolute atomic E-state index is 0.0815. The molecule has 1 atom stereocenters. The smallest absolute Gasteiger partial charge is 0.326 e. The van der Waals surface area contributed by atoms with Crippen LogP contribution in [0.4, 0.5) is 5.69 Å². The molecule has 0 aromatic heterocycles. The van der Waals surface area contributed by atoms with Crippen LogP contribution in [0.15, 0.2) is 42.5 Å². The SMILES string of the molecule is CC(=O)Nc1ccccc1C(=O)N[C@@H](Cc1c(Cl)cccc1Cl)C(=O)O. The Labute approximate surface area is 160 Å². The quantitative estimate of drug-likeness (QED) is 0.699. The van der Waals surface area contributed by atoms with Gasteiger partial charge in [-0.25, -0.2) is 4.79 Å². The number of halogens is 2. The summed E-state index contributed by atoms with van der Waals surface area (Å²) in [6.45, 7) is 1.31. The largest absolute Gasteiger partial charge is 0.480 e. The molecule has 6 nitrogen and oxygen atoms in total. The van der Waals surface area contributed by atoms with E-state index >= 15 is 0 Å². The van der Waals surface area contributed by atoms with Crippen LogP contribution >= 0.6 is 23.2 Å². The number of nitrogens with one attached hydrogen (secondary N) is 2. The normalized spacial score (nSPS) is 11.5. The molecule has 0 bridgehead atoms. The van der Waals surface area contributed by atoms with E-state index in [1.54, 1.807) is 36.4 Å². The second-order valence-corrected chi connectivity index (χ2v) is 6.31. The number of hydrogen-bond donors (Lipinski definition) is 3. The van der Waals surface area contributed by atoms with Gasteiger partial charge in [-0.1, -0.05) is 41.4 Å². The number of carboxylic acids is 1. The van der Waals surface area contributed by atoms with Crippen molar-refractivity contribution >= 4 is 46.7 Å². The molecular formula is C18H16Cl2N2O4. The number of carboxylic acid groups (broad SMARTS) is 1. The van der Waals surface area contributed by atoms with Crippen molar-refractivity contribution in [2.45, 2.75) is 19.4 Å². The van der Waals surface area contributed by atoms with Crippen molar-refractivity contribution in [3.8, 4) is 0 Å². The second kappa shape index (κ2) is 8.69. The van der Waals surface area contributed by atoms with Gasteiger partial charge in [0, 0.05) is 23.4 Å². The summed E-state index contributed by atoms with van der Waals surface area (Å²) in [6.07, 6.45) is -0.0815. The molecule has 0 unspecified atom stereocenters. The summed E-state index contributed by atoms with van der Waals surface area (Å²) in [5, 5.41) is 15.1. The van der Waals surface area contributed by atoms with Crippen molar-refractivity contribution in [3.05, 3.63) is 63.6 Å². The van der Waals surface area contributed by atoms with Gasteiger partial charge in [-0.3, -0.25) is 9.59 Å². The molecule has 0 fully saturated rings. The summed E-state index contributed by atoms with van der Waals surface area (Å²) >= 11 is 12.2. The average molecular weight is 395 g/mol. The number of anilines is 1. The highest BCUT2D eigenvalue weighted by Crippen LogP contribution is 2.26. The molecule has 0 saturated heterocycles. The molecule has 2 amide bonds. The molecule has 2 rings (SSSR count). The maximum atomic E-state index is 12.5. The summed E-state index contributed by atoms with van der Waals surface area (Å²) in [4.78, 5) is 35.4. The van der Waals surface area contributed by atoms with Crippen LogP contribution in [-0.2, 0) is 16.0 Å². The van der Waals surface area contributed by atoms with Crippen LogP contribution in [0, 0.1) is 0 Å². The molecule has 136 valence electrons. The molecule has 0 aliphatic carbocycles. The number of carbonyl (C=O) groups is 3. The first-order chi connectivity index (χ1) is 12.3. The van der Waals surface area contributed by atoms with Crippen LogP contribution in [0.1, 0.15) is 22.8 Å². The van der Waals surface area contributed by atoms with Gasteiger partial charge >= 0.3 is 5.97 Å². The third-order valence-electron chi connectivity index (χ3n) is 3.56. The van der Waals surface area contributed by atoms with Crippen LogP contribution < -0.4 is 10.6 Å². The summed E-state index contributed by atoms with van der Waals surface area (Å²) in [5.41, 5.74) is 0.871. The van der Waals surface area contributed by atoms with Gasteiger partial charge in [0.05, 0.1) is 11.3 Å². The van der Waals surface area contributed by atoms with Crippen molar-refractivity contribution in [1.29, 1.82) is 0 Å². The first kappa shape index (κ1) is 19.8. The Morgan fingerprint density at radius 2 is 1.65 bits per heavy atom. The molecule has 26 heavy (non-hydrogen) atoms. The number of benzene rings is 2. The van der Waals surface area contributed by atoms with E-state index in [0.717, 1.165) is 0 Å². The standard InChI is InChI=1S/C18H16Cl2N2O4/c1-10(23)21-15-8-3-2-5-11(15)17(24)22-16(18(25)26)9-12-13(19)6-4-7-14(12)20/h2-8,16H,9H2,1H3,(H,21,23)(H,22,24)(H,25,26)/t16-/m0/s1. The highest BCUT2D eigenvalue weighted by Gasteiger charge is 2.24. The first-order valence-electron chi connectivity index (χ1n) is 7.62. The lowest BCUT2D eigenvalue weighted by Gasteiger charge is -2.17. The third-order valence-corrected chi connectivity index (χ3v) is 4.26. The van der Waals surface area contributed by atoms with Crippen molar-refractivity contribution in [2.75, 3.05) is 5.32 Å². The Morgan fingerprint density at radius 3 is 2.23 bits per heavy atom. The predicted octanol–water partition coefficient (Wildman–Crippen LogP) is 3.38. The Kier molecular flexibility index (Phi) is 6.60. The van der Waals surface area contributed by atoms with Crippen molar-refractivity contribution < 1.29 is 19.5 Å². The summed E-state index contributed by atoms with van der Waals surface area (Å²) in [5.74, 6) is -2.21. The van der Waals surface area contributed by atoms with Gasteiger partial charge in [-0.15, -0.1) is 0 Å². The van der Waals surface area contributed by atoms with Gasteiger partial charge in [-0.2, -0.15) is 0 Å². The van der Waals surface area contributed by atoms with E-state index in [2.05, 4.69) is 10.6 Å². The van der Waals surface area contributed by atoms with E-state index in [4.69, 9.17) is 23.2 Å². The maximum Gasteiger partial charge on any atom is 0.326 e. The van der Waals surface area contributed by atoms with Gasteiger partial charge < -0.3 is 15.7 Å². The number of aliphatic carboxylic acids is 1. The summed E-state index contributed by atoms with van der Waals surface area (Å²) < 4.78 is 0. The minimum Gasteiger partial charge on any atom is -0.480 e. The monoisotopic (exact) mass is 394 g/mol. The molecule has 0 heterocycles. The van der Waals surface area contributed by atoms with Crippen molar-refractivity contribution in [1.82, 2.24) is 5.32 Å². The molecule has 8 heteroatoms. The molecule has 0 saturated carbocycles. The van der Waals surface area contributed by atoms with Gasteiger partial charge in [0.1, 0.15) is 6.04 Å². The lowest BCUT2D eigenvalue weighted by atomic mass is 10.0. The molecule has 0 radical (unpaired) electrons. The van der Waals surface area contributed by atoms with Crippen LogP contribution in [0.3, 0.4) is 0 Å². The molecule has 2 aromatic rings. The number of para-hydroxylation sites is 1. The minimum atomic E-state index is -1.25. The number of hydrogen-bond acceptors (Lipinski definition) is 3. The molecule has 0 aliphatic rings. The number of carbonyl (C=O) groups excluding carboxylic acids is 2. The van der Waals surface area contributed by atoms with E-state index in [-0.39, 0.29) is 23.6 Å². The van der Waals surface area contributed by atoms with E-state index in [0.29, 0.717) is 15.6 Å². The van der Waals surface area contributed by atoms with Gasteiger partial charge in [-0.05, 0) is 29.8 Å². The second-order valence-electron chi connectivity index (χ2n) is 5.50. The molecule has 0 aliphatic heterocycles. The lowest BCUT2D eigenvalue weighted by Crippen LogP contribution is -2.42. The lowest BCUT2D eigenvalue weighted by molar-refractivity contribution is -0.139. The molecular weight excluding hydrogens is 379 g/mol. The fourth-order valence-electron chi connectivity index (χ4n) is 2.35. The Morgan fingerprint density at radius 1 is 1.04 bits per heavy atom. The summed E-state index contributed by atoms with van der Waals surface area (Å²) in [6, 6.07) is 9.89. The predicted molar refractivity (Wildman–Crippen MR) is 99.8 cm³/mol. The maximum absolute atomic E-state index is 12.5. The van der Waals surface area contributed by atoms with Crippen molar-refractivity contribution in [2.24, 2.45) is 0 Å². The Balaban J connectivity index is 2.24. The zero-order chi connectivity index (χ0) is 19.3. The number of amides is 2. The van der Waals surface area contributed by atoms with Crippen LogP contribution in [0.25, 0.3) is 0 Å². The molecule has 2 aromatic carbocycles. The summed E-state index contributed by atoms with van der Waals surface area (Å²) in [7, 11) is 0. The highest BCUT2D eigenvalue weighted by atomic mass is 35.5. The van der Waals surface area contributed by atoms with Gasteiger partial charge in [0.25, 0.3) is 5.91 Å². The first-order valence-corrected chi connectivity index (χ1v) is 8.38. The van der Waals surface area contributed by atoms with E-state index in [9.17, 15) is 19.5 Å². The fraction of sp³-hybridized carbons (Fsp3) is 0.167. The van der Waals surface area contributed by atoms with Crippen LogP contribution in [-0.4, -0.2) is 28.9 Å². The van der Waals surface area contributed by atoms with E-state index in [1.807, 2.05) is 0 Å². The van der Waals surface area contributed by atoms with Crippen LogP contribution in [0.5, 0.6) is 0 Å². The molecule has 0 spiro atoms. The zero-order valence-corrected chi connectivity index (χ0v) is 15.3. The third kappa shape index (κ3) is 4.97. The van der Waals surface area contributed by atoms with Gasteiger partial charge in [0.2, 0.25) is 5.91 Å². The Hall–Kier alpha value is -2.57. The average Bonchev–Trinajstić information content (AvgIpc) is 2.56. The fourth-order valence-corrected chi connectivity index (χ4v) is 2.90. The Bertz CT molecular complexity index is 835. The van der Waals surface area contributed by atoms with Gasteiger partial charge in [0.15, 0.2) is 0 Å². The van der Waals surface area contributed by atoms with Crippen molar-refractivity contribution in [3.63, 3.8) is 0 Å².